The minimum absolute atomic E-state index is 0.417. The molecule has 0 bridgehead atoms. The van der Waals surface area contributed by atoms with Gasteiger partial charge in [0.05, 0.1) is 0 Å². The van der Waals surface area contributed by atoms with Gasteiger partial charge in [0, 0.05) is 25.7 Å². The highest BCUT2D eigenvalue weighted by molar-refractivity contribution is 4.86. The standard InChI is InChI=1S/C14H28N2/c1-14(2,3)7-12-6-13(15)10-16(9-12)8-11-4-5-11/h11-13H,4-10,15H2,1-3H3. The van der Waals surface area contributed by atoms with Gasteiger partial charge in [-0.3, -0.25) is 0 Å². The molecule has 1 saturated heterocycles. The number of nitrogens with zero attached hydrogens (tertiary/aromatic N) is 1. The van der Waals surface area contributed by atoms with E-state index in [4.69, 9.17) is 5.73 Å². The molecule has 2 heteroatoms. The first-order valence-corrected chi connectivity index (χ1v) is 6.90. The molecule has 16 heavy (non-hydrogen) atoms. The van der Waals surface area contributed by atoms with Crippen molar-refractivity contribution in [1.82, 2.24) is 4.90 Å². The molecule has 94 valence electrons. The number of piperidine rings is 1. The summed E-state index contributed by atoms with van der Waals surface area (Å²) in [7, 11) is 0. The summed E-state index contributed by atoms with van der Waals surface area (Å²) in [6.45, 7) is 10.8. The fraction of sp³-hybridized carbons (Fsp3) is 1.00. The Kier molecular flexibility index (Phi) is 3.60. The van der Waals surface area contributed by atoms with Gasteiger partial charge in [-0.25, -0.2) is 0 Å². The van der Waals surface area contributed by atoms with Crippen molar-refractivity contribution in [3.63, 3.8) is 0 Å². The Labute approximate surface area is 101 Å². The van der Waals surface area contributed by atoms with Crippen molar-refractivity contribution in [2.75, 3.05) is 19.6 Å². The van der Waals surface area contributed by atoms with Crippen molar-refractivity contribution in [2.45, 2.75) is 52.5 Å². The van der Waals surface area contributed by atoms with E-state index < -0.39 is 0 Å². The largest absolute Gasteiger partial charge is 0.327 e. The van der Waals surface area contributed by atoms with Gasteiger partial charge in [-0.1, -0.05) is 20.8 Å². The van der Waals surface area contributed by atoms with Crippen LogP contribution in [0.4, 0.5) is 0 Å². The Morgan fingerprint density at radius 1 is 1.12 bits per heavy atom. The zero-order chi connectivity index (χ0) is 11.8. The molecule has 2 rings (SSSR count). The van der Waals surface area contributed by atoms with E-state index in [2.05, 4.69) is 25.7 Å². The van der Waals surface area contributed by atoms with Crippen LogP contribution in [-0.2, 0) is 0 Å². The number of hydrogen-bond acceptors (Lipinski definition) is 2. The van der Waals surface area contributed by atoms with Gasteiger partial charge in [-0.05, 0) is 42.9 Å². The van der Waals surface area contributed by atoms with E-state index in [0.717, 1.165) is 18.4 Å². The maximum Gasteiger partial charge on any atom is 0.0170 e. The molecule has 0 aromatic heterocycles. The Balaban J connectivity index is 1.83. The molecular formula is C14H28N2. The quantitative estimate of drug-likeness (QED) is 0.798. The predicted octanol–water partition coefficient (Wildman–Crippen LogP) is 2.48. The average molecular weight is 224 g/mol. The minimum Gasteiger partial charge on any atom is -0.327 e. The van der Waals surface area contributed by atoms with Crippen molar-refractivity contribution in [3.05, 3.63) is 0 Å². The Hall–Kier alpha value is -0.0800. The third kappa shape index (κ3) is 4.06. The first-order chi connectivity index (χ1) is 7.42. The van der Waals surface area contributed by atoms with Crippen LogP contribution in [0.5, 0.6) is 0 Å². The van der Waals surface area contributed by atoms with E-state index in [0.29, 0.717) is 11.5 Å². The zero-order valence-electron chi connectivity index (χ0n) is 11.2. The van der Waals surface area contributed by atoms with Gasteiger partial charge in [-0.15, -0.1) is 0 Å². The maximum absolute atomic E-state index is 6.19. The molecule has 0 amide bonds. The number of nitrogens with two attached hydrogens (primary N) is 1. The molecule has 0 aromatic carbocycles. The summed E-state index contributed by atoms with van der Waals surface area (Å²) >= 11 is 0. The van der Waals surface area contributed by atoms with Crippen LogP contribution >= 0.6 is 0 Å². The van der Waals surface area contributed by atoms with Crippen LogP contribution in [0.1, 0.15) is 46.5 Å². The van der Waals surface area contributed by atoms with Gasteiger partial charge in [0.25, 0.3) is 0 Å². The Bertz CT molecular complexity index is 225. The molecule has 1 saturated carbocycles. The fourth-order valence-electron chi connectivity index (χ4n) is 3.18. The molecule has 2 fully saturated rings. The fourth-order valence-corrected chi connectivity index (χ4v) is 3.18. The highest BCUT2D eigenvalue weighted by Gasteiger charge is 2.31. The van der Waals surface area contributed by atoms with Crippen molar-refractivity contribution in [1.29, 1.82) is 0 Å². The lowest BCUT2D eigenvalue weighted by molar-refractivity contribution is 0.122. The van der Waals surface area contributed by atoms with E-state index in [-0.39, 0.29) is 0 Å². The SMILES string of the molecule is CC(C)(C)CC1CC(N)CN(CC2CC2)C1. The molecule has 1 aliphatic heterocycles. The van der Waals surface area contributed by atoms with Gasteiger partial charge >= 0.3 is 0 Å². The first-order valence-electron chi connectivity index (χ1n) is 6.90. The summed E-state index contributed by atoms with van der Waals surface area (Å²) < 4.78 is 0. The van der Waals surface area contributed by atoms with Crippen LogP contribution in [0, 0.1) is 17.3 Å². The highest BCUT2D eigenvalue weighted by atomic mass is 15.2. The highest BCUT2D eigenvalue weighted by Crippen LogP contribution is 2.33. The summed E-state index contributed by atoms with van der Waals surface area (Å²) in [5.41, 5.74) is 6.64. The molecular weight excluding hydrogens is 196 g/mol. The maximum atomic E-state index is 6.19. The summed E-state index contributed by atoms with van der Waals surface area (Å²) in [6.07, 6.45) is 5.46. The van der Waals surface area contributed by atoms with Crippen molar-refractivity contribution in [2.24, 2.45) is 23.0 Å². The Morgan fingerprint density at radius 2 is 1.81 bits per heavy atom. The van der Waals surface area contributed by atoms with E-state index in [1.165, 1.54) is 38.8 Å². The first kappa shape index (κ1) is 12.4. The molecule has 2 N–H and O–H groups in total. The predicted molar refractivity (Wildman–Crippen MR) is 69.3 cm³/mol. The summed E-state index contributed by atoms with van der Waals surface area (Å²) in [6, 6.07) is 0.417. The Morgan fingerprint density at radius 3 is 2.38 bits per heavy atom. The van der Waals surface area contributed by atoms with Gasteiger partial charge in [0.2, 0.25) is 0 Å². The molecule has 0 radical (unpaired) electrons. The van der Waals surface area contributed by atoms with E-state index in [9.17, 15) is 0 Å². The van der Waals surface area contributed by atoms with Crippen LogP contribution in [0.15, 0.2) is 0 Å². The van der Waals surface area contributed by atoms with E-state index in [1.54, 1.807) is 0 Å². The van der Waals surface area contributed by atoms with Crippen molar-refractivity contribution in [3.8, 4) is 0 Å². The second-order valence-electron chi connectivity index (χ2n) is 7.29. The summed E-state index contributed by atoms with van der Waals surface area (Å²) in [5, 5.41) is 0. The molecule has 2 aliphatic rings. The van der Waals surface area contributed by atoms with Gasteiger partial charge in [0.15, 0.2) is 0 Å². The monoisotopic (exact) mass is 224 g/mol. The van der Waals surface area contributed by atoms with E-state index in [1.807, 2.05) is 0 Å². The number of likely N-dealkylation sites (tertiary alicyclic amines) is 1. The molecule has 1 aliphatic carbocycles. The smallest absolute Gasteiger partial charge is 0.0170 e. The molecule has 2 atom stereocenters. The lowest BCUT2D eigenvalue weighted by Gasteiger charge is -2.38. The average Bonchev–Trinajstić information content (AvgIpc) is 2.82. The van der Waals surface area contributed by atoms with Crippen LogP contribution in [0.25, 0.3) is 0 Å². The van der Waals surface area contributed by atoms with Crippen LogP contribution in [-0.4, -0.2) is 30.6 Å². The van der Waals surface area contributed by atoms with Gasteiger partial charge < -0.3 is 10.6 Å². The molecule has 2 nitrogen and oxygen atoms in total. The van der Waals surface area contributed by atoms with Crippen molar-refractivity contribution >= 4 is 0 Å². The second kappa shape index (κ2) is 4.66. The van der Waals surface area contributed by atoms with E-state index >= 15 is 0 Å². The number of hydrogen-bond donors (Lipinski definition) is 1. The third-order valence-corrected chi connectivity index (χ3v) is 3.76. The lowest BCUT2D eigenvalue weighted by Crippen LogP contribution is -2.48. The molecule has 0 spiro atoms. The summed E-state index contributed by atoms with van der Waals surface area (Å²) in [4.78, 5) is 2.63. The van der Waals surface area contributed by atoms with Gasteiger partial charge in [-0.2, -0.15) is 0 Å². The third-order valence-electron chi connectivity index (χ3n) is 3.76. The van der Waals surface area contributed by atoms with Crippen LogP contribution in [0.2, 0.25) is 0 Å². The van der Waals surface area contributed by atoms with Gasteiger partial charge in [0.1, 0.15) is 0 Å². The molecule has 0 aromatic rings. The lowest BCUT2D eigenvalue weighted by atomic mass is 9.80. The molecule has 2 unspecified atom stereocenters. The summed E-state index contributed by atoms with van der Waals surface area (Å²) in [5.74, 6) is 1.82. The normalized spacial score (nSPS) is 33.0. The van der Waals surface area contributed by atoms with Crippen LogP contribution < -0.4 is 5.73 Å². The second-order valence-corrected chi connectivity index (χ2v) is 7.29. The van der Waals surface area contributed by atoms with Crippen LogP contribution in [0.3, 0.4) is 0 Å². The van der Waals surface area contributed by atoms with Crippen molar-refractivity contribution < 1.29 is 0 Å². The topological polar surface area (TPSA) is 29.3 Å². The minimum atomic E-state index is 0.417. The zero-order valence-corrected chi connectivity index (χ0v) is 11.2. The molecule has 1 heterocycles. The number of rotatable bonds is 3.